The summed E-state index contributed by atoms with van der Waals surface area (Å²) in [5, 5.41) is 22.6. The molecule has 4 saturated heterocycles. The first-order valence-corrected chi connectivity index (χ1v) is 42.2. The number of benzene rings is 14. The average molecular weight is 1600 g/mol. The molecule has 8 aliphatic heterocycles. The summed E-state index contributed by atoms with van der Waals surface area (Å²) in [7, 11) is 15.4. The van der Waals surface area contributed by atoms with Gasteiger partial charge in [0.15, 0.2) is 46.0 Å². The van der Waals surface area contributed by atoms with Crippen molar-refractivity contribution in [2.75, 3.05) is 93.8 Å². The van der Waals surface area contributed by atoms with Crippen LogP contribution in [0.2, 0.25) is 0 Å². The summed E-state index contributed by atoms with van der Waals surface area (Å²) in [6, 6.07) is 65.1. The second-order valence-corrected chi connectivity index (χ2v) is 33.2. The van der Waals surface area contributed by atoms with E-state index in [2.05, 4.69) is 135 Å². The number of carbonyl (C=O) groups is 2. The van der Waals surface area contributed by atoms with Gasteiger partial charge >= 0.3 is 0 Å². The van der Waals surface area contributed by atoms with Crippen molar-refractivity contribution in [3.63, 3.8) is 0 Å². The van der Waals surface area contributed by atoms with Gasteiger partial charge in [0.05, 0.1) is 68.3 Å². The van der Waals surface area contributed by atoms with Gasteiger partial charge in [-0.05, 0) is 305 Å². The van der Waals surface area contributed by atoms with Crippen LogP contribution in [0.3, 0.4) is 0 Å². The van der Waals surface area contributed by atoms with Crippen molar-refractivity contribution in [2.24, 2.45) is 4.99 Å². The predicted molar refractivity (Wildman–Crippen MR) is 484 cm³/mol. The summed E-state index contributed by atoms with van der Waals surface area (Å²) in [5.74, 6) is 6.43. The Balaban J connectivity index is 0.000000108. The van der Waals surface area contributed by atoms with Gasteiger partial charge in [-0.1, -0.05) is 84.9 Å². The van der Waals surface area contributed by atoms with Crippen LogP contribution in [0.4, 0.5) is 22.7 Å². The van der Waals surface area contributed by atoms with E-state index in [-0.39, 0.29) is 17.9 Å². The van der Waals surface area contributed by atoms with Crippen LogP contribution in [0, 0.1) is 0 Å². The third-order valence-corrected chi connectivity index (χ3v) is 27.1. The maximum Gasteiger partial charge on any atom is 0.223 e. The number of nitrogens with zero attached hydrogens (tertiary/aromatic N) is 5. The van der Waals surface area contributed by atoms with Crippen molar-refractivity contribution >= 4 is 126 Å². The lowest BCUT2D eigenvalue weighted by molar-refractivity contribution is -0.130. The van der Waals surface area contributed by atoms with Crippen LogP contribution in [0.1, 0.15) is 107 Å². The van der Waals surface area contributed by atoms with Crippen molar-refractivity contribution in [1.29, 1.82) is 0 Å². The van der Waals surface area contributed by atoms with E-state index in [9.17, 15) is 9.59 Å². The molecule has 18 nitrogen and oxygen atoms in total. The van der Waals surface area contributed by atoms with E-state index in [0.29, 0.717) is 67.1 Å². The molecule has 610 valence electrons. The molecule has 4 atom stereocenters. The standard InChI is InChI=1S/C35H30N2O3.C23H26N2O2.C22H22N2O3.C22H24N2O2/c1-39-32-19-29-27-17-24(36-35(22-9-5-3-6-10-22)23-11-7-4-8-12-23)13-15-26(27)28-18-25-14-16-34(38)37(25)21-31(28)30(29)20-33(32)40-2;1-24-14-6-7-16-17(9-14)19-11-22(26-2)23(27-3)12-20(19)21-13-25-8-4-5-15(25)10-18(16)21;1-26-20-9-17-15-7-12(23)3-5-14(15)16-8-13-4-6-22(25)24(13)11-19(16)18(17)10-21(20)27-2;1-25-21-10-18-16-8-13(23)5-6-15(16)17-9-14-4-3-7-24(14)12-20(17)19(18)11-22(21)26-2/h3-13,15,17,19-20,25H,14,16,18,21H2,1-2H3;6-7,9,11-12,15,24H,4-5,8,10,13H2,1-3H3;3,5,7,9-10,13H,4,6,8,11,23H2,1-2H3;5-6,8,10-11,14H,3-4,7,9,12,23H2,1-2H3/t25-;15-;13-;14-/m0000/s1. The zero-order valence-electron chi connectivity index (χ0n) is 69.8. The number of ether oxygens (including phenoxy) is 8. The third kappa shape index (κ3) is 13.6. The number of nitrogens with two attached hydrogens (primary N) is 2. The molecule has 120 heavy (non-hydrogen) atoms. The van der Waals surface area contributed by atoms with E-state index in [1.54, 1.807) is 56.9 Å². The Bertz CT molecular complexity index is 6470. The van der Waals surface area contributed by atoms with Crippen molar-refractivity contribution in [3.05, 3.63) is 238 Å². The Morgan fingerprint density at radius 1 is 0.333 bits per heavy atom. The van der Waals surface area contributed by atoms with E-state index in [1.165, 1.54) is 137 Å². The van der Waals surface area contributed by atoms with Gasteiger partial charge in [-0.15, -0.1) is 0 Å². The fourth-order valence-electron chi connectivity index (χ4n) is 21.2. The summed E-state index contributed by atoms with van der Waals surface area (Å²) in [5.41, 5.74) is 29.9. The van der Waals surface area contributed by atoms with Crippen molar-refractivity contribution in [3.8, 4) is 46.0 Å². The minimum atomic E-state index is 0.253. The first-order valence-electron chi connectivity index (χ1n) is 42.2. The Morgan fingerprint density at radius 2 is 0.650 bits per heavy atom. The summed E-state index contributed by atoms with van der Waals surface area (Å²) >= 11 is 0. The molecule has 0 saturated carbocycles. The highest BCUT2D eigenvalue weighted by Crippen LogP contribution is 2.51. The van der Waals surface area contributed by atoms with Gasteiger partial charge in [0.1, 0.15) is 0 Å². The number of aliphatic imine (C=N–C) groups is 1. The largest absolute Gasteiger partial charge is 0.493 e. The molecule has 0 bridgehead atoms. The van der Waals surface area contributed by atoms with Gasteiger partial charge < -0.3 is 64.5 Å². The molecule has 14 aromatic carbocycles. The molecule has 0 aromatic heterocycles. The number of fused-ring (bicyclic) bond motifs is 28. The summed E-state index contributed by atoms with van der Waals surface area (Å²) in [4.78, 5) is 39.7. The molecule has 18 heteroatoms. The summed E-state index contributed by atoms with van der Waals surface area (Å²) in [6.45, 7) is 5.77. The zero-order chi connectivity index (χ0) is 82.3. The predicted octanol–water partition coefficient (Wildman–Crippen LogP) is 19.6. The molecule has 8 aliphatic rings. The molecule has 4 fully saturated rings. The van der Waals surface area contributed by atoms with Gasteiger partial charge in [0.25, 0.3) is 0 Å². The van der Waals surface area contributed by atoms with Crippen LogP contribution < -0.4 is 54.7 Å². The SMILES string of the molecule is CNc1ccc2c3c(c4cc(OC)c(OC)cc4c2c1)CN1CCC[C@H]1C3.COc1cc2c3c(c4ccc(N)cc4c2cc1OC)C[C@@H]1CCC(=O)N1C3.COc1cc2c3c(c4ccc(N)cc4c2cc1OC)C[C@@H]1CCCN1C3.COc1cc2c3c(c4ccc(N=C(c5ccccc5)c5ccccc5)cc4c2cc1OC)C[C@@H]1CCC(=O)N1C3. The van der Waals surface area contributed by atoms with Crippen LogP contribution in [0.15, 0.2) is 187 Å². The van der Waals surface area contributed by atoms with Gasteiger partial charge in [-0.3, -0.25) is 19.4 Å². The number of carbonyl (C=O) groups excluding carboxylic acids is 2. The average Bonchev–Trinajstić information content (AvgIpc) is 1.04. The van der Waals surface area contributed by atoms with Gasteiger partial charge in [0.2, 0.25) is 11.8 Å². The van der Waals surface area contributed by atoms with E-state index >= 15 is 0 Å². The lowest BCUT2D eigenvalue weighted by Crippen LogP contribution is -2.38. The molecule has 5 N–H and O–H groups in total. The van der Waals surface area contributed by atoms with Crippen LogP contribution >= 0.6 is 0 Å². The highest BCUT2D eigenvalue weighted by atomic mass is 16.5. The number of nitrogen functional groups attached to an aromatic ring is 2. The number of anilines is 3. The first kappa shape index (κ1) is 77.4. The Labute approximate surface area is 699 Å². The second kappa shape index (κ2) is 32.0. The smallest absolute Gasteiger partial charge is 0.223 e. The molecule has 0 spiro atoms. The summed E-state index contributed by atoms with van der Waals surface area (Å²) < 4.78 is 44.9. The lowest BCUT2D eigenvalue weighted by atomic mass is 9.85. The maximum absolute atomic E-state index is 12.7. The number of methoxy groups -OCH3 is 8. The number of nitrogens with one attached hydrogen (secondary N) is 1. The van der Waals surface area contributed by atoms with Crippen LogP contribution in [0.5, 0.6) is 46.0 Å². The minimum Gasteiger partial charge on any atom is -0.493 e. The van der Waals surface area contributed by atoms with E-state index in [1.807, 2.05) is 78.7 Å². The lowest BCUT2D eigenvalue weighted by Gasteiger charge is -2.33. The van der Waals surface area contributed by atoms with E-state index in [0.717, 1.165) is 147 Å². The molecular weight excluding hydrogens is 1500 g/mol. The van der Waals surface area contributed by atoms with Crippen molar-refractivity contribution in [2.45, 2.75) is 127 Å². The molecule has 2 amide bonds. The minimum absolute atomic E-state index is 0.253. The second-order valence-electron chi connectivity index (χ2n) is 33.2. The summed E-state index contributed by atoms with van der Waals surface area (Å²) in [6.07, 6.45) is 12.4. The van der Waals surface area contributed by atoms with E-state index < -0.39 is 0 Å². The van der Waals surface area contributed by atoms with Gasteiger partial charge in [0, 0.05) is 98.4 Å². The third-order valence-electron chi connectivity index (χ3n) is 27.1. The highest BCUT2D eigenvalue weighted by molar-refractivity contribution is 6.18. The highest BCUT2D eigenvalue weighted by Gasteiger charge is 2.40. The number of amides is 2. The molecular formula is C102H102N8O10. The van der Waals surface area contributed by atoms with Crippen LogP contribution in [-0.2, 0) is 61.5 Å². The maximum atomic E-state index is 12.7. The van der Waals surface area contributed by atoms with Crippen molar-refractivity contribution < 1.29 is 47.5 Å². The monoisotopic (exact) mass is 1600 g/mol. The van der Waals surface area contributed by atoms with Gasteiger partial charge in [-0.2, -0.15) is 0 Å². The van der Waals surface area contributed by atoms with Crippen molar-refractivity contribution in [1.82, 2.24) is 19.6 Å². The molecule has 0 radical (unpaired) electrons. The number of hydrogen-bond acceptors (Lipinski definition) is 16. The van der Waals surface area contributed by atoms with E-state index in [4.69, 9.17) is 54.4 Å². The Morgan fingerprint density at radius 3 is 1.02 bits per heavy atom. The van der Waals surface area contributed by atoms with Gasteiger partial charge in [-0.25, -0.2) is 4.99 Å². The topological polar surface area (TPSA) is 197 Å². The number of rotatable bonds is 12. The molecule has 0 aliphatic carbocycles. The van der Waals surface area contributed by atoms with Crippen LogP contribution in [0.25, 0.3) is 86.2 Å². The fraction of sp³-hybridized carbons (Fsp3) is 0.304. The molecule has 8 heterocycles. The molecule has 0 unspecified atom stereocenters. The molecule has 22 rings (SSSR count). The molecule has 14 aromatic rings. The number of hydrogen-bond donors (Lipinski definition) is 3. The fourth-order valence-corrected chi connectivity index (χ4v) is 21.2. The Kier molecular flexibility index (Phi) is 20.6. The van der Waals surface area contributed by atoms with Crippen LogP contribution in [-0.4, -0.2) is 138 Å². The zero-order valence-corrected chi connectivity index (χ0v) is 69.8. The normalized spacial score (nSPS) is 18.1. The first-order chi connectivity index (χ1) is 58.7. The quantitative estimate of drug-likeness (QED) is 0.0593. The Hall–Kier alpha value is -12.5.